The van der Waals surface area contributed by atoms with Crippen LogP contribution in [0.25, 0.3) is 0 Å². The number of nitrogens with two attached hydrogens (primary N) is 1. The van der Waals surface area contributed by atoms with E-state index in [0.717, 1.165) is 31.0 Å². The highest BCUT2D eigenvalue weighted by atomic mass is 16.5. The van der Waals surface area contributed by atoms with Crippen molar-refractivity contribution >= 4 is 5.69 Å². The van der Waals surface area contributed by atoms with Crippen LogP contribution in [0.3, 0.4) is 0 Å². The standard InChI is InChI=1S/C18H32N2O/c1-5-16(6-2)20(14-15(3)4)12-9-13-21-18-11-8-7-10-17(18)19/h7-8,10-11,15-16H,5-6,9,12-14,19H2,1-4H3. The topological polar surface area (TPSA) is 38.5 Å². The Labute approximate surface area is 130 Å². The molecule has 0 aromatic heterocycles. The molecule has 1 aromatic carbocycles. The molecule has 1 rings (SSSR count). The molecule has 0 spiro atoms. The molecule has 0 radical (unpaired) electrons. The van der Waals surface area contributed by atoms with Crippen LogP contribution < -0.4 is 10.5 Å². The number of ether oxygens (including phenoxy) is 1. The normalized spacial score (nSPS) is 11.6. The molecule has 0 aliphatic rings. The second-order valence-electron chi connectivity index (χ2n) is 6.10. The van der Waals surface area contributed by atoms with Crippen molar-refractivity contribution in [2.75, 3.05) is 25.4 Å². The van der Waals surface area contributed by atoms with E-state index in [1.807, 2.05) is 24.3 Å². The molecular weight excluding hydrogens is 260 g/mol. The van der Waals surface area contributed by atoms with E-state index >= 15 is 0 Å². The zero-order valence-corrected chi connectivity index (χ0v) is 14.1. The minimum absolute atomic E-state index is 0.689. The van der Waals surface area contributed by atoms with Crippen molar-refractivity contribution in [2.45, 2.75) is 53.0 Å². The van der Waals surface area contributed by atoms with Crippen LogP contribution in [0.4, 0.5) is 5.69 Å². The van der Waals surface area contributed by atoms with E-state index < -0.39 is 0 Å². The van der Waals surface area contributed by atoms with Crippen LogP contribution in [0.2, 0.25) is 0 Å². The molecule has 3 nitrogen and oxygen atoms in total. The molecule has 0 bridgehead atoms. The first-order chi connectivity index (χ1) is 10.1. The summed E-state index contributed by atoms with van der Waals surface area (Å²) in [5.74, 6) is 1.51. The molecule has 0 atom stereocenters. The summed E-state index contributed by atoms with van der Waals surface area (Å²) in [7, 11) is 0. The predicted octanol–water partition coefficient (Wildman–Crippen LogP) is 4.18. The van der Waals surface area contributed by atoms with Crippen LogP contribution in [0, 0.1) is 5.92 Å². The highest BCUT2D eigenvalue weighted by Gasteiger charge is 2.15. The number of nitrogens with zero attached hydrogens (tertiary/aromatic N) is 1. The van der Waals surface area contributed by atoms with Crippen molar-refractivity contribution < 1.29 is 4.74 Å². The SMILES string of the molecule is CCC(CC)N(CCCOc1ccccc1N)CC(C)C. The lowest BCUT2D eigenvalue weighted by Crippen LogP contribution is -2.38. The van der Waals surface area contributed by atoms with Gasteiger partial charge in [0.1, 0.15) is 5.75 Å². The van der Waals surface area contributed by atoms with Crippen molar-refractivity contribution in [3.63, 3.8) is 0 Å². The number of benzene rings is 1. The Kier molecular flexibility index (Phi) is 8.21. The molecule has 21 heavy (non-hydrogen) atoms. The predicted molar refractivity (Wildman–Crippen MR) is 91.7 cm³/mol. The van der Waals surface area contributed by atoms with Crippen molar-refractivity contribution in [1.29, 1.82) is 0 Å². The van der Waals surface area contributed by atoms with E-state index in [2.05, 4.69) is 32.6 Å². The summed E-state index contributed by atoms with van der Waals surface area (Å²) < 4.78 is 5.79. The zero-order valence-electron chi connectivity index (χ0n) is 14.1. The Morgan fingerprint density at radius 3 is 2.38 bits per heavy atom. The molecule has 0 heterocycles. The van der Waals surface area contributed by atoms with E-state index in [4.69, 9.17) is 10.5 Å². The van der Waals surface area contributed by atoms with Crippen molar-refractivity contribution in [3.05, 3.63) is 24.3 Å². The van der Waals surface area contributed by atoms with Gasteiger partial charge in [0.05, 0.1) is 12.3 Å². The summed E-state index contributed by atoms with van der Waals surface area (Å²) in [6, 6.07) is 8.39. The second kappa shape index (κ2) is 9.67. The Hall–Kier alpha value is -1.22. The average molecular weight is 292 g/mol. The van der Waals surface area contributed by atoms with Gasteiger partial charge in [0.25, 0.3) is 0 Å². The Morgan fingerprint density at radius 2 is 1.81 bits per heavy atom. The third kappa shape index (κ3) is 6.38. The maximum atomic E-state index is 5.88. The summed E-state index contributed by atoms with van der Waals surface area (Å²) in [6.07, 6.45) is 3.48. The maximum absolute atomic E-state index is 5.88. The Balaban J connectivity index is 2.41. The lowest BCUT2D eigenvalue weighted by Gasteiger charge is -2.31. The van der Waals surface area contributed by atoms with Gasteiger partial charge in [0, 0.05) is 19.1 Å². The number of nitrogen functional groups attached to an aromatic ring is 1. The first kappa shape index (κ1) is 17.8. The number of rotatable bonds is 10. The molecule has 1 aromatic rings. The van der Waals surface area contributed by atoms with E-state index in [-0.39, 0.29) is 0 Å². The lowest BCUT2D eigenvalue weighted by molar-refractivity contribution is 0.153. The van der Waals surface area contributed by atoms with Crippen molar-refractivity contribution in [2.24, 2.45) is 5.92 Å². The Morgan fingerprint density at radius 1 is 1.14 bits per heavy atom. The Bertz CT molecular complexity index is 389. The minimum atomic E-state index is 0.689. The van der Waals surface area contributed by atoms with Crippen molar-refractivity contribution in [3.8, 4) is 5.75 Å². The van der Waals surface area contributed by atoms with Gasteiger partial charge in [-0.1, -0.05) is 39.8 Å². The van der Waals surface area contributed by atoms with Gasteiger partial charge in [-0.15, -0.1) is 0 Å². The summed E-state index contributed by atoms with van der Waals surface area (Å²) in [5.41, 5.74) is 6.60. The molecule has 0 aliphatic carbocycles. The molecule has 2 N–H and O–H groups in total. The van der Waals surface area contributed by atoms with Gasteiger partial charge in [-0.2, -0.15) is 0 Å². The van der Waals surface area contributed by atoms with E-state index in [0.29, 0.717) is 12.0 Å². The summed E-state index contributed by atoms with van der Waals surface area (Å²) in [6.45, 7) is 12.1. The minimum Gasteiger partial charge on any atom is -0.491 e. The molecule has 0 amide bonds. The molecule has 120 valence electrons. The summed E-state index contributed by atoms with van der Waals surface area (Å²) in [5, 5.41) is 0. The fraction of sp³-hybridized carbons (Fsp3) is 0.667. The van der Waals surface area contributed by atoms with Gasteiger partial charge < -0.3 is 15.4 Å². The van der Waals surface area contributed by atoms with Crippen LogP contribution in [-0.4, -0.2) is 30.6 Å². The van der Waals surface area contributed by atoms with Crippen LogP contribution in [0.15, 0.2) is 24.3 Å². The third-order valence-corrected chi connectivity index (χ3v) is 3.82. The van der Waals surface area contributed by atoms with Crippen LogP contribution >= 0.6 is 0 Å². The fourth-order valence-corrected chi connectivity index (χ4v) is 2.76. The number of hydrogen-bond donors (Lipinski definition) is 1. The maximum Gasteiger partial charge on any atom is 0.142 e. The average Bonchev–Trinajstić information content (AvgIpc) is 2.45. The fourth-order valence-electron chi connectivity index (χ4n) is 2.76. The van der Waals surface area contributed by atoms with Gasteiger partial charge in [0.2, 0.25) is 0 Å². The monoisotopic (exact) mass is 292 g/mol. The zero-order chi connectivity index (χ0) is 15.7. The van der Waals surface area contributed by atoms with Gasteiger partial charge in [0.15, 0.2) is 0 Å². The number of anilines is 1. The first-order valence-corrected chi connectivity index (χ1v) is 8.29. The number of para-hydroxylation sites is 2. The van der Waals surface area contributed by atoms with Gasteiger partial charge >= 0.3 is 0 Å². The molecule has 3 heteroatoms. The lowest BCUT2D eigenvalue weighted by atomic mass is 10.1. The molecule has 0 saturated carbocycles. The van der Waals surface area contributed by atoms with E-state index in [9.17, 15) is 0 Å². The molecule has 0 unspecified atom stereocenters. The largest absolute Gasteiger partial charge is 0.491 e. The van der Waals surface area contributed by atoms with E-state index in [1.165, 1.54) is 19.4 Å². The van der Waals surface area contributed by atoms with Crippen LogP contribution in [0.1, 0.15) is 47.0 Å². The molecule has 0 aliphatic heterocycles. The van der Waals surface area contributed by atoms with Gasteiger partial charge in [-0.05, 0) is 37.3 Å². The molecule has 0 fully saturated rings. The van der Waals surface area contributed by atoms with Crippen LogP contribution in [0.5, 0.6) is 5.75 Å². The molecular formula is C18H32N2O. The smallest absolute Gasteiger partial charge is 0.142 e. The van der Waals surface area contributed by atoms with Gasteiger partial charge in [-0.3, -0.25) is 0 Å². The summed E-state index contributed by atoms with van der Waals surface area (Å²) >= 11 is 0. The quantitative estimate of drug-likeness (QED) is 0.519. The summed E-state index contributed by atoms with van der Waals surface area (Å²) in [4.78, 5) is 2.61. The second-order valence-corrected chi connectivity index (χ2v) is 6.10. The number of hydrogen-bond acceptors (Lipinski definition) is 3. The van der Waals surface area contributed by atoms with Crippen LogP contribution in [-0.2, 0) is 0 Å². The molecule has 0 saturated heterocycles. The third-order valence-electron chi connectivity index (χ3n) is 3.82. The highest BCUT2D eigenvalue weighted by molar-refractivity contribution is 5.51. The van der Waals surface area contributed by atoms with Gasteiger partial charge in [-0.25, -0.2) is 0 Å². The van der Waals surface area contributed by atoms with E-state index in [1.54, 1.807) is 0 Å². The highest BCUT2D eigenvalue weighted by Crippen LogP contribution is 2.20. The van der Waals surface area contributed by atoms with Crippen molar-refractivity contribution in [1.82, 2.24) is 4.90 Å². The first-order valence-electron chi connectivity index (χ1n) is 8.29.